The predicted octanol–water partition coefficient (Wildman–Crippen LogP) is 1.93. The molecule has 2 N–H and O–H groups in total. The second-order valence-corrected chi connectivity index (χ2v) is 4.87. The van der Waals surface area contributed by atoms with E-state index >= 15 is 0 Å². The van der Waals surface area contributed by atoms with Crippen molar-refractivity contribution in [2.24, 2.45) is 11.7 Å². The Balaban J connectivity index is 2.68. The Morgan fingerprint density at radius 1 is 1.50 bits per heavy atom. The molecule has 0 bridgehead atoms. The van der Waals surface area contributed by atoms with E-state index in [1.165, 1.54) is 12.8 Å². The Morgan fingerprint density at radius 2 is 2.06 bits per heavy atom. The quantitative estimate of drug-likeness (QED) is 0.725. The number of nitrogens with two attached hydrogens (primary N) is 1. The zero-order chi connectivity index (χ0) is 12.1. The van der Waals surface area contributed by atoms with Crippen LogP contribution in [0.3, 0.4) is 0 Å². The second kappa shape index (κ2) is 6.04. The van der Waals surface area contributed by atoms with Crippen LogP contribution in [0, 0.1) is 5.92 Å². The molecule has 0 spiro atoms. The third kappa shape index (κ3) is 3.08. The maximum absolute atomic E-state index is 12.3. The number of amides is 1. The van der Waals surface area contributed by atoms with Gasteiger partial charge in [0.25, 0.3) is 0 Å². The van der Waals surface area contributed by atoms with Crippen LogP contribution < -0.4 is 5.73 Å². The molecule has 2 atom stereocenters. The van der Waals surface area contributed by atoms with E-state index < -0.39 is 0 Å². The van der Waals surface area contributed by atoms with Crippen LogP contribution in [-0.2, 0) is 4.79 Å². The van der Waals surface area contributed by atoms with Crippen molar-refractivity contribution in [1.82, 2.24) is 4.90 Å². The SMILES string of the molecule is C=CCN(C(=O)C(C)C(C)N)C1CCCC1. The van der Waals surface area contributed by atoms with E-state index in [0.29, 0.717) is 12.6 Å². The van der Waals surface area contributed by atoms with E-state index in [-0.39, 0.29) is 17.9 Å². The molecule has 1 fully saturated rings. The lowest BCUT2D eigenvalue weighted by molar-refractivity contribution is -0.137. The van der Waals surface area contributed by atoms with Crippen LogP contribution >= 0.6 is 0 Å². The van der Waals surface area contributed by atoms with Gasteiger partial charge in [0.1, 0.15) is 0 Å². The fourth-order valence-electron chi connectivity index (χ4n) is 2.26. The first kappa shape index (κ1) is 13.2. The van der Waals surface area contributed by atoms with Gasteiger partial charge in [-0.2, -0.15) is 0 Å². The molecule has 1 rings (SSSR count). The number of carbonyl (C=O) groups is 1. The summed E-state index contributed by atoms with van der Waals surface area (Å²) in [5, 5.41) is 0. The highest BCUT2D eigenvalue weighted by molar-refractivity contribution is 5.79. The smallest absolute Gasteiger partial charge is 0.227 e. The minimum atomic E-state index is -0.0967. The standard InChI is InChI=1S/C13H24N2O/c1-4-9-15(12-7-5-6-8-12)13(16)10(2)11(3)14/h4,10-12H,1,5-9,14H2,2-3H3. The highest BCUT2D eigenvalue weighted by Gasteiger charge is 2.29. The zero-order valence-electron chi connectivity index (χ0n) is 10.5. The Labute approximate surface area is 98.7 Å². The number of nitrogens with zero attached hydrogens (tertiary/aromatic N) is 1. The first-order valence-corrected chi connectivity index (χ1v) is 6.25. The molecule has 2 unspecified atom stereocenters. The van der Waals surface area contributed by atoms with E-state index in [9.17, 15) is 4.79 Å². The van der Waals surface area contributed by atoms with Crippen LogP contribution in [0.4, 0.5) is 0 Å². The molecular formula is C13H24N2O. The van der Waals surface area contributed by atoms with E-state index in [1.807, 2.05) is 24.8 Å². The summed E-state index contributed by atoms with van der Waals surface area (Å²) in [6.07, 6.45) is 6.54. The van der Waals surface area contributed by atoms with Gasteiger partial charge in [-0.25, -0.2) is 0 Å². The first-order chi connectivity index (χ1) is 7.57. The maximum Gasteiger partial charge on any atom is 0.227 e. The van der Waals surface area contributed by atoms with Crippen LogP contribution in [0.5, 0.6) is 0 Å². The average molecular weight is 224 g/mol. The molecule has 0 aliphatic heterocycles. The van der Waals surface area contributed by atoms with E-state index in [4.69, 9.17) is 5.73 Å². The Bertz CT molecular complexity index is 244. The number of carbonyl (C=O) groups excluding carboxylic acids is 1. The van der Waals surface area contributed by atoms with Gasteiger partial charge in [0.2, 0.25) is 5.91 Å². The minimum Gasteiger partial charge on any atom is -0.336 e. The second-order valence-electron chi connectivity index (χ2n) is 4.87. The van der Waals surface area contributed by atoms with Crippen molar-refractivity contribution in [2.45, 2.75) is 51.6 Å². The third-order valence-corrected chi connectivity index (χ3v) is 3.55. The molecular weight excluding hydrogens is 200 g/mol. The first-order valence-electron chi connectivity index (χ1n) is 6.25. The summed E-state index contributed by atoms with van der Waals surface area (Å²) in [5.74, 6) is 0.0855. The zero-order valence-corrected chi connectivity index (χ0v) is 10.5. The van der Waals surface area contributed by atoms with E-state index in [2.05, 4.69) is 6.58 Å². The van der Waals surface area contributed by atoms with Gasteiger partial charge >= 0.3 is 0 Å². The normalized spacial score (nSPS) is 20.4. The summed E-state index contributed by atoms with van der Waals surface area (Å²) >= 11 is 0. The van der Waals surface area contributed by atoms with Crippen molar-refractivity contribution in [1.29, 1.82) is 0 Å². The molecule has 0 radical (unpaired) electrons. The summed E-state index contributed by atoms with van der Waals surface area (Å²) in [6.45, 7) is 8.19. The molecule has 0 saturated heterocycles. The summed E-state index contributed by atoms with van der Waals surface area (Å²) in [6, 6.07) is 0.327. The van der Waals surface area contributed by atoms with Crippen LogP contribution in [0.1, 0.15) is 39.5 Å². The van der Waals surface area contributed by atoms with Gasteiger partial charge in [0, 0.05) is 18.6 Å². The summed E-state index contributed by atoms with van der Waals surface area (Å²) < 4.78 is 0. The third-order valence-electron chi connectivity index (χ3n) is 3.55. The molecule has 92 valence electrons. The molecule has 0 aromatic rings. The van der Waals surface area contributed by atoms with Gasteiger partial charge in [-0.1, -0.05) is 25.8 Å². The summed E-state index contributed by atoms with van der Waals surface area (Å²) in [7, 11) is 0. The Hall–Kier alpha value is -0.830. The van der Waals surface area contributed by atoms with Crippen LogP contribution in [-0.4, -0.2) is 29.4 Å². The van der Waals surface area contributed by atoms with Crippen molar-refractivity contribution >= 4 is 5.91 Å². The lowest BCUT2D eigenvalue weighted by atomic mass is 10.0. The molecule has 0 aromatic carbocycles. The Kier molecular flexibility index (Phi) is 5.00. The van der Waals surface area contributed by atoms with Gasteiger partial charge in [-0.05, 0) is 19.8 Å². The van der Waals surface area contributed by atoms with Crippen molar-refractivity contribution in [3.8, 4) is 0 Å². The fourth-order valence-corrected chi connectivity index (χ4v) is 2.26. The number of hydrogen-bond donors (Lipinski definition) is 1. The van der Waals surface area contributed by atoms with Gasteiger partial charge in [-0.3, -0.25) is 4.79 Å². The Morgan fingerprint density at radius 3 is 2.50 bits per heavy atom. The maximum atomic E-state index is 12.3. The largest absolute Gasteiger partial charge is 0.336 e. The van der Waals surface area contributed by atoms with Gasteiger partial charge in [-0.15, -0.1) is 6.58 Å². The van der Waals surface area contributed by atoms with E-state index in [1.54, 1.807) is 0 Å². The van der Waals surface area contributed by atoms with Gasteiger partial charge in [0.15, 0.2) is 0 Å². The monoisotopic (exact) mass is 224 g/mol. The average Bonchev–Trinajstić information content (AvgIpc) is 2.76. The van der Waals surface area contributed by atoms with Crippen LogP contribution in [0.2, 0.25) is 0 Å². The molecule has 1 saturated carbocycles. The summed E-state index contributed by atoms with van der Waals surface area (Å²) in [5.41, 5.74) is 5.80. The van der Waals surface area contributed by atoms with Gasteiger partial charge < -0.3 is 10.6 Å². The predicted molar refractivity (Wildman–Crippen MR) is 67.0 cm³/mol. The molecule has 1 amide bonds. The topological polar surface area (TPSA) is 46.3 Å². The van der Waals surface area contributed by atoms with Crippen LogP contribution in [0.15, 0.2) is 12.7 Å². The lowest BCUT2D eigenvalue weighted by Crippen LogP contribution is -2.46. The fraction of sp³-hybridized carbons (Fsp3) is 0.769. The molecule has 1 aliphatic carbocycles. The highest BCUT2D eigenvalue weighted by atomic mass is 16.2. The van der Waals surface area contributed by atoms with Crippen molar-refractivity contribution in [3.05, 3.63) is 12.7 Å². The number of rotatable bonds is 5. The lowest BCUT2D eigenvalue weighted by Gasteiger charge is -2.31. The van der Waals surface area contributed by atoms with E-state index in [0.717, 1.165) is 12.8 Å². The van der Waals surface area contributed by atoms with Crippen LogP contribution in [0.25, 0.3) is 0 Å². The highest BCUT2D eigenvalue weighted by Crippen LogP contribution is 2.25. The van der Waals surface area contributed by atoms with Crippen molar-refractivity contribution < 1.29 is 4.79 Å². The van der Waals surface area contributed by atoms with Crippen molar-refractivity contribution in [3.63, 3.8) is 0 Å². The molecule has 16 heavy (non-hydrogen) atoms. The van der Waals surface area contributed by atoms with Crippen molar-refractivity contribution in [2.75, 3.05) is 6.54 Å². The molecule has 3 heteroatoms. The molecule has 0 aromatic heterocycles. The minimum absolute atomic E-state index is 0.0822. The molecule has 3 nitrogen and oxygen atoms in total. The summed E-state index contributed by atoms with van der Waals surface area (Å²) in [4.78, 5) is 14.2. The number of hydrogen-bond acceptors (Lipinski definition) is 2. The molecule has 0 heterocycles. The van der Waals surface area contributed by atoms with Gasteiger partial charge in [0.05, 0.1) is 5.92 Å². The molecule has 1 aliphatic rings.